The summed E-state index contributed by atoms with van der Waals surface area (Å²) in [6.45, 7) is 20.2. The molecule has 0 saturated carbocycles. The largest absolute Gasteiger partial charge is 0.436 e. The maximum absolute atomic E-state index is 9.01. The Balaban J connectivity index is 1.99. The normalized spacial score (nSPS) is 13.0. The maximum atomic E-state index is 9.01. The zero-order valence-electron chi connectivity index (χ0n) is 23.3. The van der Waals surface area contributed by atoms with Crippen LogP contribution in [-0.2, 0) is 18.4 Å². The number of hydrogen-bond donors (Lipinski definition) is 0. The maximum Gasteiger partial charge on any atom is 0.312 e. The molecule has 192 valence electrons. The zero-order chi connectivity index (χ0) is 26.3. The molecule has 0 saturated heterocycles. The molecule has 0 aromatic heterocycles. The molecule has 0 aliphatic carbocycles. The molecule has 0 bridgehead atoms. The van der Waals surface area contributed by atoms with Gasteiger partial charge in [0.25, 0.3) is 0 Å². The van der Waals surface area contributed by atoms with E-state index in [0.29, 0.717) is 5.56 Å². The van der Waals surface area contributed by atoms with Crippen LogP contribution in [0.25, 0.3) is 11.1 Å². The molecule has 0 spiro atoms. The van der Waals surface area contributed by atoms with Crippen LogP contribution in [0.1, 0.15) is 37.3 Å². The van der Waals surface area contributed by atoms with Crippen molar-refractivity contribution in [3.63, 3.8) is 0 Å². The van der Waals surface area contributed by atoms with Crippen LogP contribution < -0.4 is 0 Å². The van der Waals surface area contributed by atoms with Crippen molar-refractivity contribution >= 4 is 33.8 Å². The lowest BCUT2D eigenvalue weighted by Gasteiger charge is -2.41. The molecular formula is C27H45NO3Si4. The van der Waals surface area contributed by atoms with E-state index in [2.05, 4.69) is 89.6 Å². The van der Waals surface area contributed by atoms with Gasteiger partial charge in [-0.15, -0.1) is 0 Å². The molecule has 8 heteroatoms. The van der Waals surface area contributed by atoms with Gasteiger partial charge < -0.3 is 12.3 Å². The number of nitriles is 1. The smallest absolute Gasteiger partial charge is 0.312 e. The molecule has 2 aromatic carbocycles. The highest BCUT2D eigenvalue weighted by Crippen LogP contribution is 2.28. The van der Waals surface area contributed by atoms with Crippen molar-refractivity contribution in [2.75, 3.05) is 0 Å². The van der Waals surface area contributed by atoms with Crippen molar-refractivity contribution in [1.29, 1.82) is 5.26 Å². The van der Waals surface area contributed by atoms with Gasteiger partial charge >= 0.3 is 17.1 Å². The third-order valence-corrected chi connectivity index (χ3v) is 21.0. The summed E-state index contributed by atoms with van der Waals surface area (Å²) in [5.74, 6) is 0. The lowest BCUT2D eigenvalue weighted by atomic mass is 10.0. The summed E-state index contributed by atoms with van der Waals surface area (Å²) < 4.78 is 20.2. The number of nitrogens with zero attached hydrogens (tertiary/aromatic N) is 1. The Morgan fingerprint density at radius 2 is 1.14 bits per heavy atom. The Bertz CT molecular complexity index is 981. The van der Waals surface area contributed by atoms with Gasteiger partial charge in [-0.2, -0.15) is 5.26 Å². The molecule has 0 heterocycles. The van der Waals surface area contributed by atoms with Crippen molar-refractivity contribution in [2.24, 2.45) is 0 Å². The van der Waals surface area contributed by atoms with Gasteiger partial charge in [-0.1, -0.05) is 62.6 Å². The third kappa shape index (κ3) is 10.7. The minimum absolute atomic E-state index is 0.684. The second kappa shape index (κ2) is 12.3. The molecular weight excluding hydrogens is 499 g/mol. The quantitative estimate of drug-likeness (QED) is 0.188. The number of hydrogen-bond acceptors (Lipinski definition) is 4. The van der Waals surface area contributed by atoms with Crippen LogP contribution in [0.4, 0.5) is 0 Å². The topological polar surface area (TPSA) is 51.5 Å². The molecule has 4 nitrogen and oxygen atoms in total. The lowest BCUT2D eigenvalue weighted by molar-refractivity contribution is 0.327. The predicted octanol–water partition coefficient (Wildman–Crippen LogP) is 8.36. The van der Waals surface area contributed by atoms with Crippen LogP contribution in [-0.4, -0.2) is 33.8 Å². The first-order valence-electron chi connectivity index (χ1n) is 12.9. The van der Waals surface area contributed by atoms with Crippen LogP contribution in [0.3, 0.4) is 0 Å². The van der Waals surface area contributed by atoms with E-state index in [-0.39, 0.29) is 0 Å². The average molecular weight is 544 g/mol. The molecule has 0 aliphatic rings. The third-order valence-electron chi connectivity index (χ3n) is 5.85. The van der Waals surface area contributed by atoms with Gasteiger partial charge in [-0.05, 0) is 93.3 Å². The summed E-state index contributed by atoms with van der Waals surface area (Å²) in [5, 5.41) is 9.01. The fraction of sp³-hybridized carbons (Fsp3) is 0.519. The van der Waals surface area contributed by atoms with Crippen LogP contribution in [0.5, 0.6) is 0 Å². The number of unbranched alkanes of at least 4 members (excludes halogenated alkanes) is 2. The van der Waals surface area contributed by atoms with Gasteiger partial charge in [0.05, 0.1) is 11.6 Å². The first-order chi connectivity index (χ1) is 16.2. The molecule has 2 rings (SSSR count). The fourth-order valence-corrected chi connectivity index (χ4v) is 24.4. The van der Waals surface area contributed by atoms with Crippen LogP contribution in [0, 0.1) is 11.3 Å². The van der Waals surface area contributed by atoms with Gasteiger partial charge in [0.1, 0.15) is 0 Å². The molecule has 0 N–H and O–H groups in total. The summed E-state index contributed by atoms with van der Waals surface area (Å²) in [4.78, 5) is 0. The van der Waals surface area contributed by atoms with Gasteiger partial charge in [0.15, 0.2) is 16.6 Å². The van der Waals surface area contributed by atoms with E-state index in [9.17, 15) is 0 Å². The van der Waals surface area contributed by atoms with E-state index >= 15 is 0 Å². The zero-order valence-corrected chi connectivity index (χ0v) is 27.3. The highest BCUT2D eigenvalue weighted by atomic mass is 28.5. The van der Waals surface area contributed by atoms with E-state index in [4.69, 9.17) is 17.6 Å². The monoisotopic (exact) mass is 543 g/mol. The molecule has 0 aliphatic heterocycles. The van der Waals surface area contributed by atoms with E-state index in [1.54, 1.807) is 0 Å². The summed E-state index contributed by atoms with van der Waals surface area (Å²) >= 11 is 0. The minimum atomic E-state index is -2.34. The number of rotatable bonds is 13. The summed E-state index contributed by atoms with van der Waals surface area (Å²) in [5.41, 5.74) is 4.26. The lowest BCUT2D eigenvalue weighted by Crippen LogP contribution is -2.56. The first kappa shape index (κ1) is 29.9. The van der Waals surface area contributed by atoms with Crippen molar-refractivity contribution < 1.29 is 12.3 Å². The predicted molar refractivity (Wildman–Crippen MR) is 158 cm³/mol. The highest BCUT2D eigenvalue weighted by molar-refractivity contribution is 6.89. The SMILES string of the molecule is CCCCC[Si](C)(C)O[Si](C)(C)O[Si](C)(C)O[Si](C)(C)Cc1ccc(-c2ccc(C#N)cc2)cc1. The Labute approximate surface area is 218 Å². The molecule has 0 fully saturated rings. The second-order valence-electron chi connectivity index (χ2n) is 11.6. The standard InChI is InChI=1S/C27H45NO3Si4/c1-10-11-12-21-32(2,3)29-34(6,7)31-35(8,9)30-33(4,5)23-25-15-19-27(20-16-25)26-17-13-24(22-28)14-18-26/h13-20H,10-12,21,23H2,1-9H3. The minimum Gasteiger partial charge on any atom is -0.436 e. The average Bonchev–Trinajstić information content (AvgIpc) is 2.71. The van der Waals surface area contributed by atoms with E-state index in [1.165, 1.54) is 30.9 Å². The van der Waals surface area contributed by atoms with Gasteiger partial charge in [-0.3, -0.25) is 0 Å². The summed E-state index contributed by atoms with van der Waals surface area (Å²) in [6, 6.07) is 20.8. The van der Waals surface area contributed by atoms with E-state index in [1.807, 2.05) is 24.3 Å². The van der Waals surface area contributed by atoms with Crippen LogP contribution >= 0.6 is 0 Å². The molecule has 0 amide bonds. The van der Waals surface area contributed by atoms with Gasteiger partial charge in [-0.25, -0.2) is 0 Å². The Kier molecular flexibility index (Phi) is 10.5. The van der Waals surface area contributed by atoms with E-state index < -0.39 is 33.8 Å². The van der Waals surface area contributed by atoms with Crippen LogP contribution in [0.15, 0.2) is 48.5 Å². The van der Waals surface area contributed by atoms with Crippen molar-refractivity contribution in [3.8, 4) is 17.2 Å². The molecule has 0 atom stereocenters. The Hall–Kier alpha value is -1.32. The molecule has 0 unspecified atom stereocenters. The van der Waals surface area contributed by atoms with Crippen LogP contribution in [0.2, 0.25) is 58.4 Å². The molecule has 0 radical (unpaired) electrons. The molecule has 2 aromatic rings. The number of benzene rings is 2. The van der Waals surface area contributed by atoms with Crippen molar-refractivity contribution in [2.45, 2.75) is 90.7 Å². The summed E-state index contributed by atoms with van der Waals surface area (Å²) in [7, 11) is -8.35. The first-order valence-corrected chi connectivity index (χ1v) is 24.7. The second-order valence-corrected chi connectivity index (χ2v) is 27.6. The van der Waals surface area contributed by atoms with Crippen molar-refractivity contribution in [1.82, 2.24) is 0 Å². The summed E-state index contributed by atoms with van der Waals surface area (Å²) in [6.07, 6.45) is 3.77. The Morgan fingerprint density at radius 1 is 0.657 bits per heavy atom. The Morgan fingerprint density at radius 3 is 1.63 bits per heavy atom. The van der Waals surface area contributed by atoms with Gasteiger partial charge in [0, 0.05) is 0 Å². The van der Waals surface area contributed by atoms with E-state index in [0.717, 1.165) is 17.2 Å². The fourth-order valence-electron chi connectivity index (χ4n) is 4.90. The van der Waals surface area contributed by atoms with Gasteiger partial charge in [0.2, 0.25) is 0 Å². The van der Waals surface area contributed by atoms with Crippen molar-refractivity contribution in [3.05, 3.63) is 59.7 Å². The molecule has 35 heavy (non-hydrogen) atoms. The highest BCUT2D eigenvalue weighted by Gasteiger charge is 2.43.